The number of nitro groups is 1. The quantitative estimate of drug-likeness (QED) is 0.367. The number of aryl methyl sites for hydroxylation is 1. The van der Waals surface area contributed by atoms with Gasteiger partial charge in [0.05, 0.1) is 17.3 Å². The largest absolute Gasteiger partial charge is 0.344 e. The predicted molar refractivity (Wildman–Crippen MR) is 81.2 cm³/mol. The van der Waals surface area contributed by atoms with E-state index in [0.717, 1.165) is 11.4 Å². The number of carbonyl (C=O) groups excluding carboxylic acids is 1. The molecule has 5 nitrogen and oxygen atoms in total. The summed E-state index contributed by atoms with van der Waals surface area (Å²) in [6, 6.07) is 8.38. The number of ketones is 1. The Hall–Kier alpha value is -2.14. The molecule has 0 atom stereocenters. The summed E-state index contributed by atoms with van der Waals surface area (Å²) in [5.74, 6) is -0.214. The lowest BCUT2D eigenvalue weighted by Gasteiger charge is -2.10. The van der Waals surface area contributed by atoms with Crippen LogP contribution >= 0.6 is 11.6 Å². The maximum atomic E-state index is 11.8. The Morgan fingerprint density at radius 3 is 2.62 bits per heavy atom. The van der Waals surface area contributed by atoms with E-state index < -0.39 is 4.92 Å². The molecule has 0 saturated carbocycles. The van der Waals surface area contributed by atoms with Crippen molar-refractivity contribution in [2.75, 3.05) is 5.88 Å². The highest BCUT2D eigenvalue weighted by Gasteiger charge is 2.18. The molecule has 2 rings (SSSR count). The van der Waals surface area contributed by atoms with Crippen molar-refractivity contribution in [1.29, 1.82) is 0 Å². The lowest BCUT2D eigenvalue weighted by atomic mass is 10.1. The summed E-state index contributed by atoms with van der Waals surface area (Å²) in [5.41, 5.74) is 2.90. The number of para-hydroxylation sites is 1. The third-order valence-corrected chi connectivity index (χ3v) is 3.75. The molecule has 0 amide bonds. The molecule has 0 radical (unpaired) electrons. The molecule has 6 heteroatoms. The fraction of sp³-hybridized carbons (Fsp3) is 0.267. The van der Waals surface area contributed by atoms with E-state index in [1.807, 2.05) is 18.4 Å². The van der Waals surface area contributed by atoms with Gasteiger partial charge in [0, 0.05) is 28.6 Å². The number of benzene rings is 1. The Kier molecular flexibility index (Phi) is 4.43. The maximum absolute atomic E-state index is 11.8. The molecule has 110 valence electrons. The molecule has 1 aromatic heterocycles. The molecule has 0 spiro atoms. The molecule has 0 N–H and O–H groups in total. The average molecular weight is 307 g/mol. The van der Waals surface area contributed by atoms with E-state index in [4.69, 9.17) is 11.6 Å². The van der Waals surface area contributed by atoms with Gasteiger partial charge in [0.2, 0.25) is 0 Å². The van der Waals surface area contributed by atoms with Crippen LogP contribution in [0.4, 0.5) is 5.69 Å². The van der Waals surface area contributed by atoms with Crippen LogP contribution < -0.4 is 0 Å². The minimum Gasteiger partial charge on any atom is -0.344 e. The van der Waals surface area contributed by atoms with Crippen LogP contribution in [-0.4, -0.2) is 21.2 Å². The number of hydrogen-bond donors (Lipinski definition) is 0. The molecular weight excluding hydrogens is 292 g/mol. The SMILES string of the molecule is Cc1cc(C(=O)CCl)c(C)n1Cc1ccccc1[N+](=O)[O-]. The van der Waals surface area contributed by atoms with Crippen LogP contribution in [0.15, 0.2) is 30.3 Å². The third-order valence-electron chi connectivity index (χ3n) is 3.51. The first kappa shape index (κ1) is 15.3. The molecule has 2 aromatic rings. The van der Waals surface area contributed by atoms with E-state index in [9.17, 15) is 14.9 Å². The third kappa shape index (κ3) is 2.97. The van der Waals surface area contributed by atoms with Gasteiger partial charge in [-0.2, -0.15) is 0 Å². The Morgan fingerprint density at radius 2 is 2.00 bits per heavy atom. The van der Waals surface area contributed by atoms with Crippen molar-refractivity contribution in [3.05, 3.63) is 63.0 Å². The van der Waals surface area contributed by atoms with Crippen molar-refractivity contribution < 1.29 is 9.72 Å². The van der Waals surface area contributed by atoms with Crippen molar-refractivity contribution in [2.24, 2.45) is 0 Å². The standard InChI is InChI=1S/C15H15ClN2O3/c1-10-7-13(15(19)8-16)11(2)17(10)9-12-5-3-4-6-14(12)18(20)21/h3-7H,8-9H2,1-2H3. The number of nitro benzene ring substituents is 1. The zero-order valence-electron chi connectivity index (χ0n) is 11.8. The van der Waals surface area contributed by atoms with Crippen molar-refractivity contribution in [3.63, 3.8) is 0 Å². The van der Waals surface area contributed by atoms with Gasteiger partial charge in [0.25, 0.3) is 5.69 Å². The summed E-state index contributed by atoms with van der Waals surface area (Å²) in [6.07, 6.45) is 0. The van der Waals surface area contributed by atoms with E-state index >= 15 is 0 Å². The fourth-order valence-electron chi connectivity index (χ4n) is 2.39. The number of carbonyl (C=O) groups is 1. The fourth-order valence-corrected chi connectivity index (χ4v) is 2.54. The van der Waals surface area contributed by atoms with Gasteiger partial charge in [0.15, 0.2) is 5.78 Å². The zero-order chi connectivity index (χ0) is 15.6. The Balaban J connectivity index is 2.44. The minimum absolute atomic E-state index is 0.0736. The highest BCUT2D eigenvalue weighted by Crippen LogP contribution is 2.23. The van der Waals surface area contributed by atoms with Gasteiger partial charge < -0.3 is 4.57 Å². The molecular formula is C15H15ClN2O3. The summed E-state index contributed by atoms with van der Waals surface area (Å²) >= 11 is 5.60. The molecule has 0 fully saturated rings. The van der Waals surface area contributed by atoms with Crippen LogP contribution in [0.3, 0.4) is 0 Å². The zero-order valence-corrected chi connectivity index (χ0v) is 12.6. The monoisotopic (exact) mass is 306 g/mol. The number of Topliss-reactive ketones (excluding diaryl/α,β-unsaturated/α-hetero) is 1. The van der Waals surface area contributed by atoms with Crippen LogP contribution in [0, 0.1) is 24.0 Å². The topological polar surface area (TPSA) is 65.1 Å². The van der Waals surface area contributed by atoms with E-state index in [1.165, 1.54) is 6.07 Å². The van der Waals surface area contributed by atoms with Crippen molar-refractivity contribution in [2.45, 2.75) is 20.4 Å². The number of halogens is 1. The summed E-state index contributed by atoms with van der Waals surface area (Å²) in [7, 11) is 0. The van der Waals surface area contributed by atoms with E-state index in [-0.39, 0.29) is 17.4 Å². The molecule has 0 saturated heterocycles. The number of alkyl halides is 1. The molecule has 0 aliphatic rings. The molecule has 1 aromatic carbocycles. The van der Waals surface area contributed by atoms with Gasteiger partial charge in [-0.15, -0.1) is 11.6 Å². The van der Waals surface area contributed by atoms with Gasteiger partial charge in [-0.3, -0.25) is 14.9 Å². The Morgan fingerprint density at radius 1 is 1.33 bits per heavy atom. The summed E-state index contributed by atoms with van der Waals surface area (Å²) in [4.78, 5) is 22.4. The average Bonchev–Trinajstić information content (AvgIpc) is 2.75. The number of hydrogen-bond acceptors (Lipinski definition) is 3. The second-order valence-corrected chi connectivity index (χ2v) is 5.08. The van der Waals surface area contributed by atoms with Crippen LogP contribution in [0.5, 0.6) is 0 Å². The summed E-state index contributed by atoms with van der Waals surface area (Å²) in [5, 5.41) is 11.1. The van der Waals surface area contributed by atoms with Gasteiger partial charge in [0.1, 0.15) is 0 Å². The molecule has 0 aliphatic heterocycles. The van der Waals surface area contributed by atoms with Crippen molar-refractivity contribution in [3.8, 4) is 0 Å². The summed E-state index contributed by atoms with van der Waals surface area (Å²) in [6.45, 7) is 4.04. The number of nitrogens with zero attached hydrogens (tertiary/aromatic N) is 2. The van der Waals surface area contributed by atoms with Gasteiger partial charge >= 0.3 is 0 Å². The van der Waals surface area contributed by atoms with Gasteiger partial charge in [-0.25, -0.2) is 0 Å². The number of rotatable bonds is 5. The van der Waals surface area contributed by atoms with Crippen LogP contribution in [0.2, 0.25) is 0 Å². The Labute approximate surface area is 127 Å². The predicted octanol–water partition coefficient (Wildman–Crippen LogP) is 3.48. The van der Waals surface area contributed by atoms with Gasteiger partial charge in [-0.1, -0.05) is 18.2 Å². The molecule has 21 heavy (non-hydrogen) atoms. The van der Waals surface area contributed by atoms with Gasteiger partial charge in [-0.05, 0) is 19.9 Å². The molecule has 1 heterocycles. The molecule has 0 bridgehead atoms. The molecule has 0 aliphatic carbocycles. The second kappa shape index (κ2) is 6.10. The normalized spacial score (nSPS) is 10.6. The van der Waals surface area contributed by atoms with Crippen molar-refractivity contribution in [1.82, 2.24) is 4.57 Å². The first-order valence-electron chi connectivity index (χ1n) is 6.44. The number of aromatic nitrogens is 1. The minimum atomic E-state index is -0.395. The maximum Gasteiger partial charge on any atom is 0.274 e. The first-order valence-corrected chi connectivity index (χ1v) is 6.97. The summed E-state index contributed by atoms with van der Waals surface area (Å²) < 4.78 is 1.89. The lowest BCUT2D eigenvalue weighted by molar-refractivity contribution is -0.385. The van der Waals surface area contributed by atoms with E-state index in [2.05, 4.69) is 0 Å². The van der Waals surface area contributed by atoms with Crippen LogP contribution in [0.25, 0.3) is 0 Å². The first-order chi connectivity index (χ1) is 9.95. The van der Waals surface area contributed by atoms with Crippen molar-refractivity contribution >= 4 is 23.1 Å². The smallest absolute Gasteiger partial charge is 0.274 e. The van der Waals surface area contributed by atoms with E-state index in [1.54, 1.807) is 24.3 Å². The molecule has 0 unspecified atom stereocenters. The highest BCUT2D eigenvalue weighted by atomic mass is 35.5. The Bertz CT molecular complexity index is 707. The highest BCUT2D eigenvalue weighted by molar-refractivity contribution is 6.30. The van der Waals surface area contributed by atoms with Crippen LogP contribution in [-0.2, 0) is 6.54 Å². The lowest BCUT2D eigenvalue weighted by Crippen LogP contribution is -2.08. The second-order valence-electron chi connectivity index (χ2n) is 4.81. The van der Waals surface area contributed by atoms with E-state index in [0.29, 0.717) is 17.7 Å². The van der Waals surface area contributed by atoms with Crippen LogP contribution in [0.1, 0.15) is 27.3 Å².